The maximum atomic E-state index is 13.8. The Labute approximate surface area is 249 Å². The smallest absolute Gasteiger partial charge is 0.287 e. The zero-order chi connectivity index (χ0) is 30.0. The van der Waals surface area contributed by atoms with Gasteiger partial charge in [0, 0.05) is 27.7 Å². The Kier molecular flexibility index (Phi) is 8.12. The van der Waals surface area contributed by atoms with Crippen LogP contribution >= 0.6 is 15.9 Å². The van der Waals surface area contributed by atoms with Crippen molar-refractivity contribution in [2.45, 2.75) is 26.7 Å². The minimum absolute atomic E-state index is 0.148. The molecule has 0 aliphatic carbocycles. The second-order valence-corrected chi connectivity index (χ2v) is 10.7. The molecule has 212 valence electrons. The second-order valence-electron chi connectivity index (χ2n) is 9.77. The second kappa shape index (κ2) is 11.9. The van der Waals surface area contributed by atoms with Gasteiger partial charge in [-0.25, -0.2) is 9.97 Å². The first-order valence-electron chi connectivity index (χ1n) is 13.0. The van der Waals surface area contributed by atoms with Crippen molar-refractivity contribution in [3.05, 3.63) is 115 Å². The van der Waals surface area contributed by atoms with Crippen LogP contribution in [0.3, 0.4) is 0 Å². The van der Waals surface area contributed by atoms with E-state index in [1.54, 1.807) is 43.5 Å². The van der Waals surface area contributed by atoms with Crippen molar-refractivity contribution in [3.8, 4) is 28.8 Å². The molecule has 0 unspecified atom stereocenters. The number of rotatable bonds is 8. The molecular formula is C31H26BrN5O5. The van der Waals surface area contributed by atoms with Gasteiger partial charge in [0.1, 0.15) is 17.7 Å². The summed E-state index contributed by atoms with van der Waals surface area (Å²) in [5.74, 6) is 1.86. The van der Waals surface area contributed by atoms with Crippen molar-refractivity contribution in [1.29, 1.82) is 0 Å². The van der Waals surface area contributed by atoms with E-state index in [1.807, 2.05) is 25.1 Å². The van der Waals surface area contributed by atoms with Gasteiger partial charge in [-0.05, 0) is 66.4 Å². The number of hydrogen-bond donors (Lipinski definition) is 0. The van der Waals surface area contributed by atoms with E-state index in [9.17, 15) is 14.9 Å². The standard InChI is InChI=1S/C31H26BrN5O5/c1-18(2)24-15-25(19(3)13-28(24)41-4)30-35-26-8-6-5-7-23(26)31(38)36(30)34-16-20-14-21(32)9-11-27(20)42-29-12-10-22(17-33-29)37(39)40/h5-18H,1-4H3. The normalized spacial score (nSPS) is 11.4. The van der Waals surface area contributed by atoms with Crippen LogP contribution in [0, 0.1) is 17.0 Å². The maximum absolute atomic E-state index is 13.8. The number of halogens is 1. The van der Waals surface area contributed by atoms with Gasteiger partial charge in [0.2, 0.25) is 5.88 Å². The van der Waals surface area contributed by atoms with Gasteiger partial charge in [-0.15, -0.1) is 0 Å². The van der Waals surface area contributed by atoms with Gasteiger partial charge in [-0.1, -0.05) is 41.9 Å². The van der Waals surface area contributed by atoms with Gasteiger partial charge in [0.05, 0.1) is 29.2 Å². The topological polar surface area (TPSA) is 122 Å². The van der Waals surface area contributed by atoms with Crippen molar-refractivity contribution in [3.63, 3.8) is 0 Å². The van der Waals surface area contributed by atoms with E-state index in [1.165, 1.54) is 23.0 Å². The quantitative estimate of drug-likeness (QED) is 0.101. The van der Waals surface area contributed by atoms with E-state index < -0.39 is 4.92 Å². The average Bonchev–Trinajstić information content (AvgIpc) is 2.97. The molecule has 0 aliphatic rings. The van der Waals surface area contributed by atoms with Gasteiger partial charge >= 0.3 is 0 Å². The van der Waals surface area contributed by atoms with Crippen molar-refractivity contribution in [2.24, 2.45) is 5.10 Å². The fraction of sp³-hybridized carbons (Fsp3) is 0.161. The monoisotopic (exact) mass is 627 g/mol. The molecule has 2 aromatic heterocycles. The molecule has 0 atom stereocenters. The van der Waals surface area contributed by atoms with Crippen LogP contribution in [0.1, 0.15) is 36.5 Å². The van der Waals surface area contributed by atoms with E-state index in [0.29, 0.717) is 28.0 Å². The summed E-state index contributed by atoms with van der Waals surface area (Å²) in [4.78, 5) is 33.2. The molecule has 10 nitrogen and oxygen atoms in total. The van der Waals surface area contributed by atoms with Gasteiger partial charge in [0.15, 0.2) is 5.82 Å². The van der Waals surface area contributed by atoms with Crippen LogP contribution < -0.4 is 15.0 Å². The summed E-state index contributed by atoms with van der Waals surface area (Å²) >= 11 is 3.48. The number of benzene rings is 3. The molecule has 0 radical (unpaired) electrons. The minimum atomic E-state index is -0.532. The highest BCUT2D eigenvalue weighted by Crippen LogP contribution is 2.34. The van der Waals surface area contributed by atoms with E-state index in [-0.39, 0.29) is 23.0 Å². The van der Waals surface area contributed by atoms with Gasteiger partial charge in [-0.3, -0.25) is 14.9 Å². The molecule has 0 N–H and O–H groups in total. The van der Waals surface area contributed by atoms with E-state index in [2.05, 4.69) is 39.9 Å². The number of para-hydroxylation sites is 1. The number of hydrogen-bond acceptors (Lipinski definition) is 8. The van der Waals surface area contributed by atoms with Crippen LogP contribution in [0.5, 0.6) is 17.4 Å². The molecule has 5 rings (SSSR count). The molecule has 0 spiro atoms. The number of aryl methyl sites for hydroxylation is 1. The highest BCUT2D eigenvalue weighted by molar-refractivity contribution is 9.10. The lowest BCUT2D eigenvalue weighted by molar-refractivity contribution is -0.385. The molecule has 5 aromatic rings. The average molecular weight is 628 g/mol. The van der Waals surface area contributed by atoms with Gasteiger partial charge in [-0.2, -0.15) is 9.78 Å². The molecule has 0 amide bonds. The highest BCUT2D eigenvalue weighted by Gasteiger charge is 2.18. The third-order valence-electron chi connectivity index (χ3n) is 6.62. The van der Waals surface area contributed by atoms with Crippen LogP contribution in [-0.2, 0) is 0 Å². The molecule has 0 fully saturated rings. The van der Waals surface area contributed by atoms with Crippen LogP contribution in [0.25, 0.3) is 22.3 Å². The van der Waals surface area contributed by atoms with Crippen molar-refractivity contribution in [2.75, 3.05) is 7.11 Å². The first-order valence-corrected chi connectivity index (χ1v) is 13.8. The number of aromatic nitrogens is 3. The predicted molar refractivity (Wildman–Crippen MR) is 165 cm³/mol. The number of nitro groups is 1. The Morgan fingerprint density at radius 3 is 2.55 bits per heavy atom. The zero-order valence-corrected chi connectivity index (χ0v) is 24.8. The molecule has 42 heavy (non-hydrogen) atoms. The van der Waals surface area contributed by atoms with Crippen LogP contribution in [-0.4, -0.2) is 32.9 Å². The molecule has 0 aliphatic heterocycles. The van der Waals surface area contributed by atoms with Gasteiger partial charge in [0.25, 0.3) is 11.2 Å². The van der Waals surface area contributed by atoms with Crippen molar-refractivity contribution < 1.29 is 14.4 Å². The first-order chi connectivity index (χ1) is 20.2. The Morgan fingerprint density at radius 2 is 1.86 bits per heavy atom. The van der Waals surface area contributed by atoms with Gasteiger partial charge < -0.3 is 9.47 Å². The fourth-order valence-electron chi connectivity index (χ4n) is 4.46. The Bertz CT molecular complexity index is 1900. The van der Waals surface area contributed by atoms with E-state index >= 15 is 0 Å². The Balaban J connectivity index is 1.65. The molecule has 0 bridgehead atoms. The predicted octanol–water partition coefficient (Wildman–Crippen LogP) is 7.24. The Hall–Kier alpha value is -4.90. The summed E-state index contributed by atoms with van der Waals surface area (Å²) in [5, 5.41) is 16.0. The number of methoxy groups -OCH3 is 1. The molecule has 11 heteroatoms. The number of fused-ring (bicyclic) bond motifs is 1. The minimum Gasteiger partial charge on any atom is -0.496 e. The number of pyridine rings is 1. The van der Waals surface area contributed by atoms with Crippen LogP contribution in [0.15, 0.2) is 87.3 Å². The van der Waals surface area contributed by atoms with E-state index in [0.717, 1.165) is 33.1 Å². The molecular weight excluding hydrogens is 602 g/mol. The number of nitrogens with zero attached hydrogens (tertiary/aromatic N) is 5. The lowest BCUT2D eigenvalue weighted by Crippen LogP contribution is -2.21. The highest BCUT2D eigenvalue weighted by atomic mass is 79.9. The summed E-state index contributed by atoms with van der Waals surface area (Å²) in [6.45, 7) is 6.09. The third kappa shape index (κ3) is 5.77. The lowest BCUT2D eigenvalue weighted by Gasteiger charge is -2.17. The summed E-state index contributed by atoms with van der Waals surface area (Å²) in [6, 6.07) is 19.1. The largest absolute Gasteiger partial charge is 0.496 e. The van der Waals surface area contributed by atoms with Crippen LogP contribution in [0.4, 0.5) is 5.69 Å². The molecule has 3 aromatic carbocycles. The third-order valence-corrected chi connectivity index (χ3v) is 7.12. The SMILES string of the molecule is COc1cc(C)c(-c2nc3ccccc3c(=O)n2N=Cc2cc(Br)ccc2Oc2ccc([N+](=O)[O-])cn2)cc1C(C)C. The summed E-state index contributed by atoms with van der Waals surface area (Å²) in [6.07, 6.45) is 2.63. The summed E-state index contributed by atoms with van der Waals surface area (Å²) < 4.78 is 13.6. The first kappa shape index (κ1) is 28.6. The maximum Gasteiger partial charge on any atom is 0.287 e. The lowest BCUT2D eigenvalue weighted by atomic mass is 9.96. The fourth-order valence-corrected chi connectivity index (χ4v) is 4.84. The summed E-state index contributed by atoms with van der Waals surface area (Å²) in [5.41, 5.74) is 3.21. The van der Waals surface area contributed by atoms with Crippen molar-refractivity contribution >= 4 is 38.7 Å². The molecule has 0 saturated heterocycles. The number of ether oxygens (including phenoxy) is 2. The molecule has 2 heterocycles. The Morgan fingerprint density at radius 1 is 1.07 bits per heavy atom. The van der Waals surface area contributed by atoms with Crippen molar-refractivity contribution in [1.82, 2.24) is 14.6 Å². The summed E-state index contributed by atoms with van der Waals surface area (Å²) in [7, 11) is 1.64. The van der Waals surface area contributed by atoms with E-state index in [4.69, 9.17) is 14.5 Å². The molecule has 0 saturated carbocycles. The zero-order valence-electron chi connectivity index (χ0n) is 23.2. The van der Waals surface area contributed by atoms with Crippen LogP contribution in [0.2, 0.25) is 0 Å².